The van der Waals surface area contributed by atoms with E-state index in [1.807, 2.05) is 6.07 Å². The Bertz CT molecular complexity index is 341. The van der Waals surface area contributed by atoms with Gasteiger partial charge in [0.05, 0.1) is 12.5 Å². The van der Waals surface area contributed by atoms with Crippen LogP contribution in [0.3, 0.4) is 0 Å². The fourth-order valence-corrected chi connectivity index (χ4v) is 1.16. The molecule has 0 amide bonds. The van der Waals surface area contributed by atoms with Crippen molar-refractivity contribution in [1.29, 1.82) is 5.26 Å². The summed E-state index contributed by atoms with van der Waals surface area (Å²) >= 11 is 11.2. The third-order valence-corrected chi connectivity index (χ3v) is 1.81. The zero-order chi connectivity index (χ0) is 10.6. The van der Waals surface area contributed by atoms with Gasteiger partial charge < -0.3 is 4.90 Å². The highest BCUT2D eigenvalue weighted by molar-refractivity contribution is 6.31. The summed E-state index contributed by atoms with van der Waals surface area (Å²) in [4.78, 5) is 13.0. The van der Waals surface area contributed by atoms with Gasteiger partial charge in [0.15, 0.2) is 0 Å². The molecular formula is C7H7Cl2N5. The van der Waals surface area contributed by atoms with Crippen molar-refractivity contribution in [2.75, 3.05) is 18.5 Å². The van der Waals surface area contributed by atoms with Crippen molar-refractivity contribution in [1.82, 2.24) is 15.0 Å². The van der Waals surface area contributed by atoms with E-state index < -0.39 is 0 Å². The monoisotopic (exact) mass is 231 g/mol. The summed E-state index contributed by atoms with van der Waals surface area (Å²) in [6.07, 6.45) is 0.386. The van der Waals surface area contributed by atoms with Crippen molar-refractivity contribution in [2.24, 2.45) is 0 Å². The molecule has 14 heavy (non-hydrogen) atoms. The van der Waals surface area contributed by atoms with E-state index in [1.54, 1.807) is 11.9 Å². The van der Waals surface area contributed by atoms with Crippen LogP contribution in [0.25, 0.3) is 0 Å². The van der Waals surface area contributed by atoms with Crippen LogP contribution in [-0.4, -0.2) is 28.5 Å². The molecule has 7 heteroatoms. The standard InChI is InChI=1S/C7H7Cl2N5/c1-14(4-2-3-10)7-12-5(8)11-6(9)13-7/h2,4H2,1H3. The summed E-state index contributed by atoms with van der Waals surface area (Å²) in [6, 6.07) is 2.02. The first-order chi connectivity index (χ1) is 6.63. The zero-order valence-electron chi connectivity index (χ0n) is 7.41. The molecule has 74 valence electrons. The Morgan fingerprint density at radius 2 is 1.86 bits per heavy atom. The average molecular weight is 232 g/mol. The summed E-state index contributed by atoms with van der Waals surface area (Å²) in [5, 5.41) is 8.48. The quantitative estimate of drug-likeness (QED) is 0.790. The zero-order valence-corrected chi connectivity index (χ0v) is 8.92. The SMILES string of the molecule is CN(CCC#N)c1nc(Cl)nc(Cl)n1. The van der Waals surface area contributed by atoms with Gasteiger partial charge in [0, 0.05) is 13.6 Å². The van der Waals surface area contributed by atoms with Crippen LogP contribution >= 0.6 is 23.2 Å². The van der Waals surface area contributed by atoms with Gasteiger partial charge in [-0.25, -0.2) is 0 Å². The molecule has 0 spiro atoms. The van der Waals surface area contributed by atoms with Crippen LogP contribution in [0.4, 0.5) is 5.95 Å². The van der Waals surface area contributed by atoms with Crippen molar-refractivity contribution in [3.63, 3.8) is 0 Å². The van der Waals surface area contributed by atoms with Crippen molar-refractivity contribution < 1.29 is 0 Å². The molecule has 0 bridgehead atoms. The summed E-state index contributed by atoms with van der Waals surface area (Å²) in [7, 11) is 1.75. The van der Waals surface area contributed by atoms with Crippen LogP contribution in [0.15, 0.2) is 0 Å². The maximum atomic E-state index is 8.39. The molecule has 1 rings (SSSR count). The number of hydrogen-bond donors (Lipinski definition) is 0. The molecule has 1 heterocycles. The van der Waals surface area contributed by atoms with Gasteiger partial charge in [0.25, 0.3) is 0 Å². The molecule has 0 aliphatic carbocycles. The van der Waals surface area contributed by atoms with Gasteiger partial charge in [-0.05, 0) is 23.2 Å². The fourth-order valence-electron chi connectivity index (χ4n) is 0.805. The van der Waals surface area contributed by atoms with Gasteiger partial charge in [-0.15, -0.1) is 0 Å². The Morgan fingerprint density at radius 1 is 1.29 bits per heavy atom. The van der Waals surface area contributed by atoms with E-state index in [9.17, 15) is 0 Å². The molecule has 1 aromatic heterocycles. The Labute approximate surface area is 91.3 Å². The molecule has 0 N–H and O–H groups in total. The third kappa shape index (κ3) is 2.98. The van der Waals surface area contributed by atoms with E-state index in [0.29, 0.717) is 18.9 Å². The van der Waals surface area contributed by atoms with Gasteiger partial charge >= 0.3 is 0 Å². The van der Waals surface area contributed by atoms with E-state index in [-0.39, 0.29) is 10.6 Å². The molecule has 5 nitrogen and oxygen atoms in total. The van der Waals surface area contributed by atoms with Gasteiger partial charge in [0.2, 0.25) is 16.5 Å². The number of anilines is 1. The van der Waals surface area contributed by atoms with Crippen molar-refractivity contribution in [2.45, 2.75) is 6.42 Å². The molecule has 0 aromatic carbocycles. The van der Waals surface area contributed by atoms with Crippen LogP contribution in [0, 0.1) is 11.3 Å². The molecule has 0 fully saturated rings. The summed E-state index contributed by atoms with van der Waals surface area (Å²) in [6.45, 7) is 0.521. The normalized spacial score (nSPS) is 9.57. The molecule has 0 aliphatic heterocycles. The number of halogens is 2. The van der Waals surface area contributed by atoms with E-state index in [0.717, 1.165) is 0 Å². The molecule has 0 saturated heterocycles. The first kappa shape index (κ1) is 11.0. The third-order valence-electron chi connectivity index (χ3n) is 1.47. The first-order valence-corrected chi connectivity index (χ1v) is 4.54. The van der Waals surface area contributed by atoms with Gasteiger partial charge in [-0.3, -0.25) is 0 Å². The van der Waals surface area contributed by atoms with Crippen molar-refractivity contribution in [3.8, 4) is 6.07 Å². The minimum Gasteiger partial charge on any atom is -0.343 e. The van der Waals surface area contributed by atoms with Gasteiger partial charge in [-0.1, -0.05) is 0 Å². The highest BCUT2D eigenvalue weighted by Crippen LogP contribution is 2.12. The second-order valence-corrected chi connectivity index (χ2v) is 3.18. The predicted octanol–water partition coefficient (Wildman–Crippen LogP) is 1.53. The van der Waals surface area contributed by atoms with E-state index in [4.69, 9.17) is 28.5 Å². The summed E-state index contributed by atoms with van der Waals surface area (Å²) in [5.74, 6) is 0.366. The highest BCUT2D eigenvalue weighted by atomic mass is 35.5. The Kier molecular flexibility index (Phi) is 3.86. The second kappa shape index (κ2) is 4.94. The van der Waals surface area contributed by atoms with Crippen LogP contribution in [0.1, 0.15) is 6.42 Å². The van der Waals surface area contributed by atoms with Crippen LogP contribution < -0.4 is 4.90 Å². The number of hydrogen-bond acceptors (Lipinski definition) is 5. The first-order valence-electron chi connectivity index (χ1n) is 3.78. The molecule has 1 aromatic rings. The lowest BCUT2D eigenvalue weighted by Gasteiger charge is -2.14. The largest absolute Gasteiger partial charge is 0.343 e. The van der Waals surface area contributed by atoms with Crippen LogP contribution in [-0.2, 0) is 0 Å². The lowest BCUT2D eigenvalue weighted by Crippen LogP contribution is -2.21. The minimum atomic E-state index is 0.0452. The van der Waals surface area contributed by atoms with Gasteiger partial charge in [-0.2, -0.15) is 20.2 Å². The molecule has 0 atom stereocenters. The highest BCUT2D eigenvalue weighted by Gasteiger charge is 2.07. The van der Waals surface area contributed by atoms with E-state index in [1.165, 1.54) is 0 Å². The van der Waals surface area contributed by atoms with Crippen LogP contribution in [0.5, 0.6) is 0 Å². The fraction of sp³-hybridized carbons (Fsp3) is 0.429. The Morgan fingerprint density at radius 3 is 2.36 bits per heavy atom. The molecule has 0 saturated carbocycles. The smallest absolute Gasteiger partial charge is 0.230 e. The number of nitriles is 1. The second-order valence-electron chi connectivity index (χ2n) is 2.50. The molecule has 0 aliphatic rings. The number of rotatable bonds is 3. The lowest BCUT2D eigenvalue weighted by atomic mass is 10.4. The van der Waals surface area contributed by atoms with Crippen LogP contribution in [0.2, 0.25) is 10.6 Å². The summed E-state index contributed by atoms with van der Waals surface area (Å²) in [5.41, 5.74) is 0. The Hall–Kier alpha value is -1.12. The maximum Gasteiger partial charge on any atom is 0.230 e. The predicted molar refractivity (Wildman–Crippen MR) is 53.3 cm³/mol. The number of nitrogens with zero attached hydrogens (tertiary/aromatic N) is 5. The number of aromatic nitrogens is 3. The Balaban J connectivity index is 2.79. The topological polar surface area (TPSA) is 65.7 Å². The molecule has 0 radical (unpaired) electrons. The van der Waals surface area contributed by atoms with E-state index in [2.05, 4.69) is 15.0 Å². The average Bonchev–Trinajstić information content (AvgIpc) is 2.12. The maximum absolute atomic E-state index is 8.39. The molecule has 0 unspecified atom stereocenters. The van der Waals surface area contributed by atoms with Crippen molar-refractivity contribution in [3.05, 3.63) is 10.6 Å². The lowest BCUT2D eigenvalue weighted by molar-refractivity contribution is 0.846. The van der Waals surface area contributed by atoms with E-state index >= 15 is 0 Å². The van der Waals surface area contributed by atoms with Gasteiger partial charge in [0.1, 0.15) is 0 Å². The summed E-state index contributed by atoms with van der Waals surface area (Å²) < 4.78 is 0. The van der Waals surface area contributed by atoms with Crippen molar-refractivity contribution >= 4 is 29.2 Å². The minimum absolute atomic E-state index is 0.0452. The molecular weight excluding hydrogens is 225 g/mol.